The summed E-state index contributed by atoms with van der Waals surface area (Å²) in [5.41, 5.74) is 0. The second-order valence-corrected chi connectivity index (χ2v) is 2.28. The summed E-state index contributed by atoms with van der Waals surface area (Å²) in [6, 6.07) is 1.28. The standard InChI is InChI=1S/C5H8N2.W.Y/c1-4-2-6-3-5(1)7-4;;/h4-5H,1-3H2;;/q-2;;. The quantitative estimate of drug-likeness (QED) is 0.607. The molecule has 0 N–H and O–H groups in total. The summed E-state index contributed by atoms with van der Waals surface area (Å²) >= 11 is 0. The van der Waals surface area contributed by atoms with E-state index < -0.39 is 0 Å². The molecular weight excluding hydrogens is 361 g/mol. The third-order valence-corrected chi connectivity index (χ3v) is 1.65. The predicted molar refractivity (Wildman–Crippen MR) is 28.6 cm³/mol. The van der Waals surface area contributed by atoms with E-state index in [1.807, 2.05) is 0 Å². The van der Waals surface area contributed by atoms with E-state index in [1.54, 1.807) is 0 Å². The van der Waals surface area contributed by atoms with Gasteiger partial charge >= 0.3 is 0 Å². The molecule has 3 aliphatic heterocycles. The number of piperazine rings is 1. The van der Waals surface area contributed by atoms with Gasteiger partial charge in [-0.1, -0.05) is 6.42 Å². The monoisotopic (exact) mass is 369 g/mol. The zero-order valence-corrected chi connectivity index (χ0v) is 10.9. The van der Waals surface area contributed by atoms with Gasteiger partial charge in [-0.3, -0.25) is 0 Å². The molecule has 9 heavy (non-hydrogen) atoms. The van der Waals surface area contributed by atoms with Gasteiger partial charge in [0.05, 0.1) is 0 Å². The Morgan fingerprint density at radius 2 is 1.56 bits per heavy atom. The van der Waals surface area contributed by atoms with E-state index in [4.69, 9.17) is 0 Å². The van der Waals surface area contributed by atoms with Crippen molar-refractivity contribution in [2.45, 2.75) is 18.5 Å². The van der Waals surface area contributed by atoms with Crippen molar-refractivity contribution in [3.8, 4) is 0 Å². The third-order valence-electron chi connectivity index (χ3n) is 1.65. The zero-order valence-electron chi connectivity index (χ0n) is 5.16. The molecule has 2 nitrogen and oxygen atoms in total. The van der Waals surface area contributed by atoms with Crippen molar-refractivity contribution in [3.05, 3.63) is 10.6 Å². The summed E-state index contributed by atoms with van der Waals surface area (Å²) in [5, 5.41) is 8.55. The molecule has 0 aromatic rings. The van der Waals surface area contributed by atoms with Gasteiger partial charge in [-0.2, -0.15) is 25.2 Å². The zero-order chi connectivity index (χ0) is 4.69. The van der Waals surface area contributed by atoms with Crippen LogP contribution in [0.4, 0.5) is 0 Å². The minimum Gasteiger partial charge on any atom is -0.665 e. The minimum absolute atomic E-state index is 0. The first-order valence-electron chi connectivity index (χ1n) is 2.78. The van der Waals surface area contributed by atoms with Crippen LogP contribution in [-0.4, -0.2) is 25.2 Å². The second-order valence-electron chi connectivity index (χ2n) is 2.28. The van der Waals surface area contributed by atoms with Crippen molar-refractivity contribution in [2.24, 2.45) is 0 Å². The SMILES string of the molecule is C1[N-]CC2CC1[N-]2.[W].[Y]. The summed E-state index contributed by atoms with van der Waals surface area (Å²) in [5.74, 6) is 0. The number of piperidine rings is 1. The van der Waals surface area contributed by atoms with Crippen molar-refractivity contribution in [1.82, 2.24) is 0 Å². The number of rotatable bonds is 0. The number of nitrogens with zero attached hydrogens (tertiary/aromatic N) is 2. The van der Waals surface area contributed by atoms with Gasteiger partial charge in [-0.15, -0.1) is 0 Å². The Morgan fingerprint density at radius 3 is 1.67 bits per heavy atom. The molecule has 0 spiro atoms. The van der Waals surface area contributed by atoms with Crippen LogP contribution >= 0.6 is 0 Å². The molecule has 1 radical (unpaired) electrons. The molecule has 0 aliphatic carbocycles. The van der Waals surface area contributed by atoms with Crippen molar-refractivity contribution in [1.29, 1.82) is 0 Å². The van der Waals surface area contributed by atoms with E-state index in [0.29, 0.717) is 12.1 Å². The molecule has 0 saturated carbocycles. The molecule has 49 valence electrons. The Hall–Kier alpha value is 1.71. The van der Waals surface area contributed by atoms with E-state index in [2.05, 4.69) is 10.6 Å². The molecule has 3 aliphatic rings. The molecular formula is C5H8N2WY-2. The summed E-state index contributed by atoms with van der Waals surface area (Å²) in [6.07, 6.45) is 1.32. The normalized spacial score (nSPS) is 37.3. The summed E-state index contributed by atoms with van der Waals surface area (Å²) in [4.78, 5) is 0. The first kappa shape index (κ1) is 10.7. The first-order valence-corrected chi connectivity index (χ1v) is 2.78. The number of fused-ring (bicyclic) bond motifs is 2. The smallest absolute Gasteiger partial charge is 0 e. The fourth-order valence-corrected chi connectivity index (χ4v) is 1.21. The average Bonchev–Trinajstić information content (AvgIpc) is 1.67. The maximum absolute atomic E-state index is 4.33. The molecule has 0 aromatic heterocycles. The summed E-state index contributed by atoms with van der Waals surface area (Å²) in [7, 11) is 0. The molecule has 2 atom stereocenters. The fraction of sp³-hybridized carbons (Fsp3) is 1.00. The molecule has 3 rings (SSSR count). The van der Waals surface area contributed by atoms with Gasteiger partial charge in [0.1, 0.15) is 0 Å². The number of hydrogen-bond acceptors (Lipinski definition) is 0. The van der Waals surface area contributed by atoms with Crippen LogP contribution in [0.1, 0.15) is 6.42 Å². The van der Waals surface area contributed by atoms with Gasteiger partial charge in [0.25, 0.3) is 0 Å². The molecule has 3 heterocycles. The van der Waals surface area contributed by atoms with Gasteiger partial charge in [0.15, 0.2) is 0 Å². The van der Waals surface area contributed by atoms with Crippen LogP contribution in [-0.2, 0) is 53.8 Å². The maximum atomic E-state index is 4.33. The first-order chi connectivity index (χ1) is 3.45. The van der Waals surface area contributed by atoms with Crippen LogP contribution in [0.3, 0.4) is 0 Å². The Bertz CT molecular complexity index is 71.5. The van der Waals surface area contributed by atoms with Gasteiger partial charge in [0.2, 0.25) is 0 Å². The average molecular weight is 369 g/mol. The van der Waals surface area contributed by atoms with Crippen LogP contribution in [0.25, 0.3) is 10.6 Å². The summed E-state index contributed by atoms with van der Waals surface area (Å²) in [6.45, 7) is 2.02. The van der Waals surface area contributed by atoms with E-state index >= 15 is 0 Å². The summed E-state index contributed by atoms with van der Waals surface area (Å²) < 4.78 is 0. The van der Waals surface area contributed by atoms with Gasteiger partial charge in [-0.05, 0) is 0 Å². The molecule has 4 heteroatoms. The van der Waals surface area contributed by atoms with Crippen molar-refractivity contribution in [2.75, 3.05) is 13.1 Å². The molecule has 2 unspecified atom stereocenters. The largest absolute Gasteiger partial charge is 0.665 e. The van der Waals surface area contributed by atoms with Crippen LogP contribution < -0.4 is 0 Å². The van der Waals surface area contributed by atoms with Crippen molar-refractivity contribution >= 4 is 0 Å². The Morgan fingerprint density at radius 1 is 1.11 bits per heavy atom. The van der Waals surface area contributed by atoms with Crippen LogP contribution in [0.2, 0.25) is 0 Å². The molecule has 0 aromatic carbocycles. The second kappa shape index (κ2) is 4.56. The van der Waals surface area contributed by atoms with E-state index in [0.717, 1.165) is 13.1 Å². The van der Waals surface area contributed by atoms with E-state index in [-0.39, 0.29) is 53.8 Å². The van der Waals surface area contributed by atoms with Gasteiger partial charge in [0, 0.05) is 53.8 Å². The fourth-order valence-electron chi connectivity index (χ4n) is 1.21. The Balaban J connectivity index is 0.000000320. The van der Waals surface area contributed by atoms with E-state index in [9.17, 15) is 0 Å². The van der Waals surface area contributed by atoms with E-state index in [1.165, 1.54) is 6.42 Å². The number of hydrogen-bond donors (Lipinski definition) is 0. The Kier molecular flexibility index (Phi) is 5.43. The van der Waals surface area contributed by atoms with Crippen LogP contribution in [0.15, 0.2) is 0 Å². The molecule has 3 fully saturated rings. The maximum Gasteiger partial charge on any atom is 0 e. The predicted octanol–water partition coefficient (Wildman–Crippen LogP) is 0.883. The van der Waals surface area contributed by atoms with Crippen molar-refractivity contribution < 1.29 is 53.8 Å². The molecule has 2 bridgehead atoms. The van der Waals surface area contributed by atoms with Crippen LogP contribution in [0.5, 0.6) is 0 Å². The van der Waals surface area contributed by atoms with Crippen molar-refractivity contribution in [3.63, 3.8) is 0 Å². The topological polar surface area (TPSA) is 28.2 Å². The van der Waals surface area contributed by atoms with Gasteiger partial charge in [-0.25, -0.2) is 0 Å². The minimum atomic E-state index is 0. The van der Waals surface area contributed by atoms with Gasteiger partial charge < -0.3 is 10.6 Å². The van der Waals surface area contributed by atoms with Crippen LogP contribution in [0, 0.1) is 0 Å². The molecule has 3 saturated heterocycles. The third kappa shape index (κ3) is 2.34. The molecule has 0 amide bonds. The Labute approximate surface area is 95.1 Å².